The minimum atomic E-state index is -0.0665. The van der Waals surface area contributed by atoms with Crippen molar-refractivity contribution in [3.8, 4) is 0 Å². The zero-order valence-electron chi connectivity index (χ0n) is 12.1. The number of nitrogens with one attached hydrogen (secondary N) is 2. The fourth-order valence-electron chi connectivity index (χ4n) is 3.47. The Bertz CT molecular complexity index is 520. The third kappa shape index (κ3) is 2.65. The highest BCUT2D eigenvalue weighted by Crippen LogP contribution is 2.35. The van der Waals surface area contributed by atoms with Crippen molar-refractivity contribution in [2.45, 2.75) is 51.2 Å². The molecule has 1 saturated carbocycles. The largest absolute Gasteiger partial charge is 0.373 e. The molecule has 2 aliphatic rings. The van der Waals surface area contributed by atoms with Crippen LogP contribution < -0.4 is 10.9 Å². The summed E-state index contributed by atoms with van der Waals surface area (Å²) in [6.45, 7) is 1.52. The maximum atomic E-state index is 12.2. The summed E-state index contributed by atoms with van der Waals surface area (Å²) in [5, 5.41) is 3.22. The Hall–Kier alpha value is -1.20. The zero-order chi connectivity index (χ0) is 13.9. The second-order valence-electron chi connectivity index (χ2n) is 5.86. The van der Waals surface area contributed by atoms with E-state index in [0.717, 1.165) is 30.0 Å². The molecule has 2 heterocycles. The number of hydrogen-bond acceptors (Lipinski definition) is 4. The van der Waals surface area contributed by atoms with Crippen LogP contribution in [-0.4, -0.2) is 23.6 Å². The number of aromatic amines is 1. The van der Waals surface area contributed by atoms with Crippen LogP contribution in [0, 0.1) is 5.92 Å². The molecule has 0 bridgehead atoms. The first-order valence-corrected chi connectivity index (χ1v) is 7.65. The van der Waals surface area contributed by atoms with E-state index >= 15 is 0 Å². The van der Waals surface area contributed by atoms with Gasteiger partial charge in [0.25, 0.3) is 5.56 Å². The number of rotatable bonds is 3. The summed E-state index contributed by atoms with van der Waals surface area (Å²) >= 11 is 0. The van der Waals surface area contributed by atoms with E-state index in [4.69, 9.17) is 9.72 Å². The van der Waals surface area contributed by atoms with E-state index in [0.29, 0.717) is 12.5 Å². The number of nitrogens with zero attached hydrogens (tertiary/aromatic N) is 1. The van der Waals surface area contributed by atoms with Crippen LogP contribution in [0.4, 0.5) is 0 Å². The van der Waals surface area contributed by atoms with Crippen LogP contribution in [0.15, 0.2) is 4.79 Å². The molecule has 0 aromatic carbocycles. The van der Waals surface area contributed by atoms with Gasteiger partial charge in [-0.05, 0) is 18.8 Å². The maximum Gasteiger partial charge on any atom is 0.255 e. The molecule has 2 N–H and O–H groups in total. The Kier molecular flexibility index (Phi) is 4.17. The van der Waals surface area contributed by atoms with Gasteiger partial charge in [-0.3, -0.25) is 4.79 Å². The highest BCUT2D eigenvalue weighted by molar-refractivity contribution is 5.21. The Morgan fingerprint density at radius 2 is 2.10 bits per heavy atom. The summed E-state index contributed by atoms with van der Waals surface area (Å²) in [6, 6.07) is 0. The Morgan fingerprint density at radius 1 is 1.30 bits per heavy atom. The predicted molar refractivity (Wildman–Crippen MR) is 76.6 cm³/mol. The van der Waals surface area contributed by atoms with Crippen molar-refractivity contribution in [1.29, 1.82) is 0 Å². The van der Waals surface area contributed by atoms with Gasteiger partial charge in [-0.2, -0.15) is 0 Å². The molecule has 0 radical (unpaired) electrons. The van der Waals surface area contributed by atoms with Crippen molar-refractivity contribution >= 4 is 0 Å². The van der Waals surface area contributed by atoms with Crippen LogP contribution in [0.2, 0.25) is 0 Å². The molecule has 1 aromatic rings. The van der Waals surface area contributed by atoms with Gasteiger partial charge in [0.15, 0.2) is 0 Å². The number of hydrogen-bond donors (Lipinski definition) is 2. The quantitative estimate of drug-likeness (QED) is 0.882. The van der Waals surface area contributed by atoms with E-state index in [1.807, 2.05) is 0 Å². The summed E-state index contributed by atoms with van der Waals surface area (Å²) in [6.07, 6.45) is 6.91. The van der Waals surface area contributed by atoms with Gasteiger partial charge in [0.1, 0.15) is 11.9 Å². The van der Waals surface area contributed by atoms with Crippen LogP contribution in [0.5, 0.6) is 0 Å². The van der Waals surface area contributed by atoms with Crippen molar-refractivity contribution in [3.05, 3.63) is 27.4 Å². The second-order valence-corrected chi connectivity index (χ2v) is 5.86. The molecule has 1 aromatic heterocycles. The van der Waals surface area contributed by atoms with Gasteiger partial charge in [0, 0.05) is 26.6 Å². The van der Waals surface area contributed by atoms with Crippen molar-refractivity contribution in [2.75, 3.05) is 13.7 Å². The molecule has 1 aliphatic heterocycles. The summed E-state index contributed by atoms with van der Waals surface area (Å²) in [5.74, 6) is 1.21. The van der Waals surface area contributed by atoms with Gasteiger partial charge in [-0.1, -0.05) is 19.3 Å². The zero-order valence-corrected chi connectivity index (χ0v) is 12.1. The Labute approximate surface area is 119 Å². The fourth-order valence-corrected chi connectivity index (χ4v) is 3.47. The SMILES string of the molecule is COC(c1nc2c(c(=O)[nH]1)CNCC2)C1CCCCC1. The Morgan fingerprint density at radius 3 is 2.85 bits per heavy atom. The number of H-pyrrole nitrogens is 1. The molecule has 20 heavy (non-hydrogen) atoms. The molecule has 5 heteroatoms. The molecule has 5 nitrogen and oxygen atoms in total. The first-order valence-electron chi connectivity index (χ1n) is 7.65. The molecule has 1 unspecified atom stereocenters. The van der Waals surface area contributed by atoms with Crippen LogP contribution in [0.25, 0.3) is 0 Å². The van der Waals surface area contributed by atoms with E-state index in [2.05, 4.69) is 10.3 Å². The van der Waals surface area contributed by atoms with E-state index in [1.54, 1.807) is 7.11 Å². The molecule has 3 rings (SSSR count). The van der Waals surface area contributed by atoms with Crippen molar-refractivity contribution in [2.24, 2.45) is 5.92 Å². The first-order chi connectivity index (χ1) is 9.79. The van der Waals surface area contributed by atoms with Gasteiger partial charge >= 0.3 is 0 Å². The average Bonchev–Trinajstić information content (AvgIpc) is 2.49. The highest BCUT2D eigenvalue weighted by Gasteiger charge is 2.28. The van der Waals surface area contributed by atoms with Crippen LogP contribution in [0.1, 0.15) is 55.3 Å². The molecule has 0 amide bonds. The lowest BCUT2D eigenvalue weighted by Gasteiger charge is -2.29. The van der Waals surface area contributed by atoms with Gasteiger partial charge in [0.2, 0.25) is 0 Å². The normalized spacial score (nSPS) is 21.4. The summed E-state index contributed by atoms with van der Waals surface area (Å²) < 4.78 is 5.67. The van der Waals surface area contributed by atoms with Gasteiger partial charge < -0.3 is 15.0 Å². The van der Waals surface area contributed by atoms with Gasteiger partial charge in [-0.15, -0.1) is 0 Å². The molecule has 1 fully saturated rings. The second kappa shape index (κ2) is 6.06. The first kappa shape index (κ1) is 13.8. The van der Waals surface area contributed by atoms with Crippen molar-refractivity contribution in [3.63, 3.8) is 0 Å². The monoisotopic (exact) mass is 277 g/mol. The molecule has 1 aliphatic carbocycles. The fraction of sp³-hybridized carbons (Fsp3) is 0.733. The third-order valence-corrected chi connectivity index (χ3v) is 4.56. The number of fused-ring (bicyclic) bond motifs is 1. The third-order valence-electron chi connectivity index (χ3n) is 4.56. The lowest BCUT2D eigenvalue weighted by atomic mass is 9.85. The number of aromatic nitrogens is 2. The van der Waals surface area contributed by atoms with E-state index in [1.165, 1.54) is 32.1 Å². The van der Waals surface area contributed by atoms with Gasteiger partial charge in [-0.25, -0.2) is 4.98 Å². The smallest absolute Gasteiger partial charge is 0.255 e. The Balaban J connectivity index is 1.91. The maximum absolute atomic E-state index is 12.2. The van der Waals surface area contributed by atoms with Gasteiger partial charge in [0.05, 0.1) is 11.3 Å². The molecule has 110 valence electrons. The van der Waals surface area contributed by atoms with Crippen LogP contribution in [0.3, 0.4) is 0 Å². The molecule has 1 atom stereocenters. The molecule has 0 spiro atoms. The van der Waals surface area contributed by atoms with E-state index in [-0.39, 0.29) is 11.7 Å². The standard InChI is InChI=1S/C15H23N3O2/c1-20-13(10-5-3-2-4-6-10)14-17-12-7-8-16-9-11(12)15(19)18-14/h10,13,16H,2-9H2,1H3,(H,17,18,19). The summed E-state index contributed by atoms with van der Waals surface area (Å²) in [7, 11) is 1.72. The molecular weight excluding hydrogens is 254 g/mol. The van der Waals surface area contributed by atoms with Crippen molar-refractivity contribution < 1.29 is 4.74 Å². The van der Waals surface area contributed by atoms with Crippen LogP contribution >= 0.6 is 0 Å². The van der Waals surface area contributed by atoms with E-state index in [9.17, 15) is 4.79 Å². The molecule has 0 saturated heterocycles. The predicted octanol–water partition coefficient (Wildman–Crippen LogP) is 1.68. The lowest BCUT2D eigenvalue weighted by Crippen LogP contribution is -2.33. The van der Waals surface area contributed by atoms with E-state index < -0.39 is 0 Å². The number of methoxy groups -OCH3 is 1. The summed E-state index contributed by atoms with van der Waals surface area (Å²) in [4.78, 5) is 19.8. The summed E-state index contributed by atoms with van der Waals surface area (Å²) in [5.41, 5.74) is 1.73. The lowest BCUT2D eigenvalue weighted by molar-refractivity contribution is 0.0285. The highest BCUT2D eigenvalue weighted by atomic mass is 16.5. The van der Waals surface area contributed by atoms with Crippen LogP contribution in [-0.2, 0) is 17.7 Å². The topological polar surface area (TPSA) is 67.0 Å². The number of ether oxygens (including phenoxy) is 1. The minimum absolute atomic E-state index is 0.00457. The molecular formula is C15H23N3O2. The minimum Gasteiger partial charge on any atom is -0.373 e. The average molecular weight is 277 g/mol. The van der Waals surface area contributed by atoms with Crippen molar-refractivity contribution in [1.82, 2.24) is 15.3 Å².